The molecule has 0 aliphatic rings. The lowest BCUT2D eigenvalue weighted by Gasteiger charge is -2.12. The van der Waals surface area contributed by atoms with Gasteiger partial charge in [-0.3, -0.25) is 0 Å². The van der Waals surface area contributed by atoms with E-state index in [1.807, 2.05) is 17.5 Å². The minimum absolute atomic E-state index is 0.112. The third-order valence-electron chi connectivity index (χ3n) is 2.65. The van der Waals surface area contributed by atoms with Crippen molar-refractivity contribution in [2.75, 3.05) is 17.6 Å². The zero-order valence-corrected chi connectivity index (χ0v) is 10.8. The number of nitrogens with two attached hydrogens (primary N) is 1. The van der Waals surface area contributed by atoms with E-state index >= 15 is 0 Å². The Morgan fingerprint density at radius 2 is 2.00 bits per heavy atom. The van der Waals surface area contributed by atoms with Crippen molar-refractivity contribution in [3.05, 3.63) is 46.2 Å². The summed E-state index contributed by atoms with van der Waals surface area (Å²) in [5.41, 5.74) is 5.53. The van der Waals surface area contributed by atoms with E-state index in [0.29, 0.717) is 12.2 Å². The molecule has 2 aromatic rings. The number of rotatable bonds is 4. The van der Waals surface area contributed by atoms with Gasteiger partial charge in [0.1, 0.15) is 0 Å². The molecule has 0 saturated carbocycles. The standard InChI is InChI=1S/C13H13F3N2S/c14-13(15,16)9-3-4-12(11(17)8-9)18-6-5-10-2-1-7-19-10/h1-4,7-8,18H,5-6,17H2. The molecule has 1 heterocycles. The molecule has 0 spiro atoms. The van der Waals surface area contributed by atoms with Gasteiger partial charge in [0.2, 0.25) is 0 Å². The molecule has 6 heteroatoms. The van der Waals surface area contributed by atoms with Gasteiger partial charge in [0.25, 0.3) is 0 Å². The highest BCUT2D eigenvalue weighted by Gasteiger charge is 2.30. The summed E-state index contributed by atoms with van der Waals surface area (Å²) in [5.74, 6) is 0. The topological polar surface area (TPSA) is 38.0 Å². The summed E-state index contributed by atoms with van der Waals surface area (Å²) in [6.07, 6.45) is -3.54. The van der Waals surface area contributed by atoms with Crippen LogP contribution in [0.15, 0.2) is 35.7 Å². The lowest BCUT2D eigenvalue weighted by molar-refractivity contribution is -0.137. The first kappa shape index (κ1) is 13.7. The molecule has 2 rings (SSSR count). The number of anilines is 2. The van der Waals surface area contributed by atoms with Crippen LogP contribution in [0.4, 0.5) is 24.5 Å². The summed E-state index contributed by atoms with van der Waals surface area (Å²) in [7, 11) is 0. The predicted octanol–water partition coefficient (Wildman–Crippen LogP) is 4.00. The number of halogens is 3. The van der Waals surface area contributed by atoms with Crippen LogP contribution in [-0.2, 0) is 12.6 Å². The molecule has 3 N–H and O–H groups in total. The van der Waals surface area contributed by atoms with E-state index in [4.69, 9.17) is 5.73 Å². The molecule has 1 aromatic carbocycles. The fourth-order valence-corrected chi connectivity index (χ4v) is 2.38. The van der Waals surface area contributed by atoms with E-state index in [1.165, 1.54) is 10.9 Å². The molecule has 0 fully saturated rings. The Morgan fingerprint density at radius 1 is 1.21 bits per heavy atom. The third kappa shape index (κ3) is 3.64. The number of hydrogen-bond donors (Lipinski definition) is 2. The van der Waals surface area contributed by atoms with Crippen molar-refractivity contribution >= 4 is 22.7 Å². The van der Waals surface area contributed by atoms with Crippen LogP contribution in [0.3, 0.4) is 0 Å². The molecular formula is C13H13F3N2S. The van der Waals surface area contributed by atoms with Gasteiger partial charge in [0.15, 0.2) is 0 Å². The lowest BCUT2D eigenvalue weighted by atomic mass is 10.1. The Bertz CT molecular complexity index is 535. The zero-order valence-electron chi connectivity index (χ0n) is 10.00. The maximum Gasteiger partial charge on any atom is 0.416 e. The number of nitrogen functional groups attached to an aromatic ring is 1. The van der Waals surface area contributed by atoms with E-state index in [1.54, 1.807) is 11.3 Å². The Hall–Kier alpha value is -1.69. The van der Waals surface area contributed by atoms with Crippen LogP contribution >= 0.6 is 11.3 Å². The predicted molar refractivity (Wildman–Crippen MR) is 72.4 cm³/mol. The van der Waals surface area contributed by atoms with Crippen molar-refractivity contribution in [3.63, 3.8) is 0 Å². The van der Waals surface area contributed by atoms with Crippen LogP contribution in [0.25, 0.3) is 0 Å². The molecule has 0 radical (unpaired) electrons. The monoisotopic (exact) mass is 286 g/mol. The smallest absolute Gasteiger partial charge is 0.397 e. The average molecular weight is 286 g/mol. The summed E-state index contributed by atoms with van der Waals surface area (Å²) in [6.45, 7) is 0.635. The Labute approximate surface area is 113 Å². The van der Waals surface area contributed by atoms with Crippen LogP contribution in [-0.4, -0.2) is 6.54 Å². The van der Waals surface area contributed by atoms with Crippen molar-refractivity contribution in [1.29, 1.82) is 0 Å². The Morgan fingerprint density at radius 3 is 2.58 bits per heavy atom. The minimum atomic E-state index is -4.36. The molecule has 102 valence electrons. The highest BCUT2D eigenvalue weighted by atomic mass is 32.1. The van der Waals surface area contributed by atoms with Gasteiger partial charge in [0.05, 0.1) is 16.9 Å². The van der Waals surface area contributed by atoms with Crippen LogP contribution in [0.1, 0.15) is 10.4 Å². The summed E-state index contributed by atoms with van der Waals surface area (Å²) < 4.78 is 37.4. The van der Waals surface area contributed by atoms with Gasteiger partial charge in [-0.05, 0) is 36.1 Å². The average Bonchev–Trinajstić information content (AvgIpc) is 2.83. The molecule has 0 unspecified atom stereocenters. The minimum Gasteiger partial charge on any atom is -0.397 e. The number of benzene rings is 1. The Kier molecular flexibility index (Phi) is 3.99. The highest BCUT2D eigenvalue weighted by Crippen LogP contribution is 2.32. The maximum absolute atomic E-state index is 12.5. The van der Waals surface area contributed by atoms with E-state index in [9.17, 15) is 13.2 Å². The van der Waals surface area contributed by atoms with Gasteiger partial charge in [-0.25, -0.2) is 0 Å². The first-order valence-electron chi connectivity index (χ1n) is 5.70. The third-order valence-corrected chi connectivity index (χ3v) is 3.58. The molecule has 0 amide bonds. The van der Waals surface area contributed by atoms with E-state index < -0.39 is 11.7 Å². The molecule has 0 saturated heterocycles. The van der Waals surface area contributed by atoms with E-state index in [2.05, 4.69) is 5.32 Å². The van der Waals surface area contributed by atoms with Crippen molar-refractivity contribution in [3.8, 4) is 0 Å². The summed E-state index contributed by atoms with van der Waals surface area (Å²) in [6, 6.07) is 7.33. The van der Waals surface area contributed by atoms with Crippen LogP contribution < -0.4 is 11.1 Å². The van der Waals surface area contributed by atoms with Crippen LogP contribution in [0.2, 0.25) is 0 Å². The van der Waals surface area contributed by atoms with E-state index in [0.717, 1.165) is 18.6 Å². The first-order valence-corrected chi connectivity index (χ1v) is 6.58. The largest absolute Gasteiger partial charge is 0.416 e. The second-order valence-electron chi connectivity index (χ2n) is 4.06. The normalized spacial score (nSPS) is 11.5. The summed E-state index contributed by atoms with van der Waals surface area (Å²) in [4.78, 5) is 1.22. The van der Waals surface area contributed by atoms with Gasteiger partial charge >= 0.3 is 6.18 Å². The number of hydrogen-bond acceptors (Lipinski definition) is 3. The second-order valence-corrected chi connectivity index (χ2v) is 5.09. The SMILES string of the molecule is Nc1cc(C(F)(F)F)ccc1NCCc1cccs1. The molecule has 0 bridgehead atoms. The van der Waals surface area contributed by atoms with Crippen LogP contribution in [0, 0.1) is 0 Å². The first-order chi connectivity index (χ1) is 8.97. The fraction of sp³-hybridized carbons (Fsp3) is 0.231. The van der Waals surface area contributed by atoms with Crippen molar-refractivity contribution in [1.82, 2.24) is 0 Å². The van der Waals surface area contributed by atoms with Crippen LogP contribution in [0.5, 0.6) is 0 Å². The van der Waals surface area contributed by atoms with Crippen molar-refractivity contribution in [2.45, 2.75) is 12.6 Å². The zero-order chi connectivity index (χ0) is 13.9. The van der Waals surface area contributed by atoms with Gasteiger partial charge < -0.3 is 11.1 Å². The second kappa shape index (κ2) is 5.52. The molecular weight excluding hydrogens is 273 g/mol. The van der Waals surface area contributed by atoms with Gasteiger partial charge in [0, 0.05) is 11.4 Å². The van der Waals surface area contributed by atoms with Crippen molar-refractivity contribution < 1.29 is 13.2 Å². The maximum atomic E-state index is 12.5. The lowest BCUT2D eigenvalue weighted by Crippen LogP contribution is -2.09. The number of nitrogens with one attached hydrogen (secondary N) is 1. The van der Waals surface area contributed by atoms with Gasteiger partial charge in [-0.2, -0.15) is 13.2 Å². The summed E-state index contributed by atoms with van der Waals surface area (Å²) in [5, 5.41) is 5.03. The highest BCUT2D eigenvalue weighted by molar-refractivity contribution is 7.09. The van der Waals surface area contributed by atoms with E-state index in [-0.39, 0.29) is 5.69 Å². The quantitative estimate of drug-likeness (QED) is 0.834. The fourth-order valence-electron chi connectivity index (χ4n) is 1.68. The molecule has 1 aromatic heterocycles. The molecule has 19 heavy (non-hydrogen) atoms. The number of alkyl halides is 3. The molecule has 2 nitrogen and oxygen atoms in total. The molecule has 0 atom stereocenters. The number of thiophene rings is 1. The van der Waals surface area contributed by atoms with Crippen molar-refractivity contribution in [2.24, 2.45) is 0 Å². The molecule has 0 aliphatic heterocycles. The summed E-state index contributed by atoms with van der Waals surface area (Å²) >= 11 is 1.65. The van der Waals surface area contributed by atoms with Gasteiger partial charge in [-0.1, -0.05) is 6.07 Å². The molecule has 0 aliphatic carbocycles. The Balaban J connectivity index is 1.97. The van der Waals surface area contributed by atoms with Gasteiger partial charge in [-0.15, -0.1) is 11.3 Å².